The lowest BCUT2D eigenvalue weighted by Gasteiger charge is -2.36. The van der Waals surface area contributed by atoms with Crippen LogP contribution in [0.3, 0.4) is 0 Å². The lowest BCUT2D eigenvalue weighted by molar-refractivity contribution is -0.383. The highest BCUT2D eigenvalue weighted by molar-refractivity contribution is 5.98. The van der Waals surface area contributed by atoms with Crippen LogP contribution >= 0.6 is 0 Å². The third-order valence-electron chi connectivity index (χ3n) is 4.17. The Labute approximate surface area is 140 Å². The molecule has 7 heteroatoms. The molecule has 0 atom stereocenters. The van der Waals surface area contributed by atoms with Gasteiger partial charge in [0.2, 0.25) is 5.91 Å². The van der Waals surface area contributed by atoms with Gasteiger partial charge in [-0.05, 0) is 24.1 Å². The Balaban J connectivity index is 1.93. The smallest absolute Gasteiger partial charge is 0.278 e. The number of piperazine rings is 1. The van der Waals surface area contributed by atoms with Crippen LogP contribution in [0.15, 0.2) is 30.5 Å². The van der Waals surface area contributed by atoms with Crippen LogP contribution in [0.2, 0.25) is 0 Å². The van der Waals surface area contributed by atoms with Crippen LogP contribution in [0.4, 0.5) is 11.4 Å². The number of aromatic nitrogens is 1. The molecule has 24 heavy (non-hydrogen) atoms. The number of nitro groups is 1. The van der Waals surface area contributed by atoms with Crippen molar-refractivity contribution in [2.24, 2.45) is 5.92 Å². The minimum atomic E-state index is -0.403. The summed E-state index contributed by atoms with van der Waals surface area (Å²) in [5.74, 6) is 0.514. The monoisotopic (exact) mass is 328 g/mol. The summed E-state index contributed by atoms with van der Waals surface area (Å²) in [6, 6.07) is 6.56. The maximum atomic E-state index is 12.4. The minimum Gasteiger partial charge on any atom is -0.359 e. The number of carbonyl (C=O) groups excluding carboxylic acids is 1. The number of rotatable bonds is 4. The van der Waals surface area contributed by atoms with Gasteiger partial charge in [0.25, 0.3) is 5.69 Å². The summed E-state index contributed by atoms with van der Waals surface area (Å²) >= 11 is 0. The van der Waals surface area contributed by atoms with Crippen molar-refractivity contribution in [3.8, 4) is 0 Å². The predicted molar refractivity (Wildman–Crippen MR) is 92.0 cm³/mol. The zero-order valence-electron chi connectivity index (χ0n) is 13.8. The largest absolute Gasteiger partial charge is 0.359 e. The normalized spacial score (nSPS) is 15.4. The van der Waals surface area contributed by atoms with E-state index < -0.39 is 4.92 Å². The summed E-state index contributed by atoms with van der Waals surface area (Å²) in [5, 5.41) is 11.7. The van der Waals surface area contributed by atoms with E-state index in [1.54, 1.807) is 24.4 Å². The fraction of sp³-hybridized carbons (Fsp3) is 0.412. The molecule has 0 aliphatic carbocycles. The quantitative estimate of drug-likeness (QED) is 0.636. The van der Waals surface area contributed by atoms with Crippen molar-refractivity contribution in [3.63, 3.8) is 0 Å². The molecule has 0 radical (unpaired) electrons. The van der Waals surface area contributed by atoms with E-state index in [0.717, 1.165) is 12.2 Å². The standard InChI is InChI=1S/C17H20N4O3/c1-12(2)10-20-9-8-19(11-16(20)22)15-6-5-14(21(23)24)13-4-3-7-18-17(13)15/h3-7,12H,8-11H2,1-2H3. The van der Waals surface area contributed by atoms with Crippen LogP contribution < -0.4 is 4.90 Å². The molecule has 0 spiro atoms. The van der Waals surface area contributed by atoms with Gasteiger partial charge < -0.3 is 9.80 Å². The molecule has 0 unspecified atom stereocenters. The number of nitro benzene ring substituents is 1. The fourth-order valence-electron chi connectivity index (χ4n) is 3.11. The molecule has 0 bridgehead atoms. The summed E-state index contributed by atoms with van der Waals surface area (Å²) in [5.41, 5.74) is 1.37. The van der Waals surface area contributed by atoms with E-state index in [-0.39, 0.29) is 18.1 Å². The maximum absolute atomic E-state index is 12.4. The molecule has 1 aliphatic heterocycles. The van der Waals surface area contributed by atoms with Crippen molar-refractivity contribution in [1.82, 2.24) is 9.88 Å². The van der Waals surface area contributed by atoms with Crippen molar-refractivity contribution in [2.45, 2.75) is 13.8 Å². The van der Waals surface area contributed by atoms with Gasteiger partial charge in [0.05, 0.1) is 22.5 Å². The summed E-state index contributed by atoms with van der Waals surface area (Å²) in [6.45, 7) is 6.56. The molecule has 126 valence electrons. The second-order valence-corrected chi connectivity index (χ2v) is 6.42. The molecule has 1 aromatic carbocycles. The number of carbonyl (C=O) groups is 1. The Hall–Kier alpha value is -2.70. The van der Waals surface area contributed by atoms with Crippen LogP contribution in [0, 0.1) is 16.0 Å². The zero-order chi connectivity index (χ0) is 17.3. The van der Waals surface area contributed by atoms with Crippen molar-refractivity contribution >= 4 is 28.2 Å². The van der Waals surface area contributed by atoms with Gasteiger partial charge in [-0.3, -0.25) is 19.9 Å². The van der Waals surface area contributed by atoms with Gasteiger partial charge in [-0.1, -0.05) is 13.8 Å². The Morgan fingerprint density at radius 1 is 1.29 bits per heavy atom. The molecule has 0 saturated carbocycles. The van der Waals surface area contributed by atoms with Crippen LogP contribution in [-0.2, 0) is 4.79 Å². The molecule has 0 N–H and O–H groups in total. The number of fused-ring (bicyclic) bond motifs is 1. The first kappa shape index (κ1) is 16.2. The van der Waals surface area contributed by atoms with Crippen molar-refractivity contribution in [3.05, 3.63) is 40.6 Å². The summed E-state index contributed by atoms with van der Waals surface area (Å²) in [6.07, 6.45) is 1.62. The number of non-ortho nitro benzene ring substituents is 1. The molecule has 2 aromatic rings. The second kappa shape index (κ2) is 6.43. The lowest BCUT2D eigenvalue weighted by atomic mass is 10.1. The first-order valence-electron chi connectivity index (χ1n) is 8.02. The van der Waals surface area contributed by atoms with Gasteiger partial charge in [-0.25, -0.2) is 0 Å². The second-order valence-electron chi connectivity index (χ2n) is 6.42. The predicted octanol–water partition coefficient (Wildman–Crippen LogP) is 2.45. The Morgan fingerprint density at radius 2 is 2.08 bits per heavy atom. The van der Waals surface area contributed by atoms with E-state index in [2.05, 4.69) is 18.8 Å². The SMILES string of the molecule is CC(C)CN1CCN(c2ccc([N+](=O)[O-])c3cccnc23)CC1=O. The Morgan fingerprint density at radius 3 is 2.75 bits per heavy atom. The Kier molecular flexibility index (Phi) is 4.33. The third-order valence-corrected chi connectivity index (χ3v) is 4.17. The fourth-order valence-corrected chi connectivity index (χ4v) is 3.11. The van der Waals surface area contributed by atoms with Crippen LogP contribution in [0.5, 0.6) is 0 Å². The number of benzene rings is 1. The molecule has 3 rings (SSSR count). The highest BCUT2D eigenvalue weighted by atomic mass is 16.6. The lowest BCUT2D eigenvalue weighted by Crippen LogP contribution is -2.51. The van der Waals surface area contributed by atoms with Crippen LogP contribution in [0.1, 0.15) is 13.8 Å². The van der Waals surface area contributed by atoms with Gasteiger partial charge >= 0.3 is 0 Å². The molecule has 1 aliphatic rings. The van der Waals surface area contributed by atoms with Gasteiger partial charge in [0.15, 0.2) is 0 Å². The van der Waals surface area contributed by atoms with E-state index in [1.807, 2.05) is 9.80 Å². The summed E-state index contributed by atoms with van der Waals surface area (Å²) < 4.78 is 0. The average Bonchev–Trinajstić information content (AvgIpc) is 2.55. The van der Waals surface area contributed by atoms with E-state index in [4.69, 9.17) is 0 Å². The highest BCUT2D eigenvalue weighted by Gasteiger charge is 2.27. The first-order valence-corrected chi connectivity index (χ1v) is 8.02. The number of amides is 1. The van der Waals surface area contributed by atoms with Gasteiger partial charge in [0, 0.05) is 31.9 Å². The van der Waals surface area contributed by atoms with Gasteiger partial charge in [0.1, 0.15) is 5.52 Å². The molecule has 2 heterocycles. The Bertz CT molecular complexity index is 790. The number of pyridine rings is 1. The average molecular weight is 328 g/mol. The highest BCUT2D eigenvalue weighted by Crippen LogP contribution is 2.32. The first-order chi connectivity index (χ1) is 11.5. The van der Waals surface area contributed by atoms with Gasteiger partial charge in [-0.2, -0.15) is 0 Å². The summed E-state index contributed by atoms with van der Waals surface area (Å²) in [4.78, 5) is 31.3. The molecule has 1 saturated heterocycles. The number of hydrogen-bond donors (Lipinski definition) is 0. The van der Waals surface area contributed by atoms with E-state index in [1.165, 1.54) is 6.07 Å². The molecular formula is C17H20N4O3. The van der Waals surface area contributed by atoms with E-state index in [9.17, 15) is 14.9 Å². The number of nitrogens with zero attached hydrogens (tertiary/aromatic N) is 4. The molecule has 7 nitrogen and oxygen atoms in total. The van der Waals surface area contributed by atoms with Crippen molar-refractivity contribution in [1.29, 1.82) is 0 Å². The molecular weight excluding hydrogens is 308 g/mol. The third kappa shape index (κ3) is 3.02. The van der Waals surface area contributed by atoms with Crippen LogP contribution in [0.25, 0.3) is 10.9 Å². The molecule has 1 aromatic heterocycles. The number of hydrogen-bond acceptors (Lipinski definition) is 5. The zero-order valence-corrected chi connectivity index (χ0v) is 13.8. The van der Waals surface area contributed by atoms with Crippen LogP contribution in [-0.4, -0.2) is 46.9 Å². The van der Waals surface area contributed by atoms with E-state index >= 15 is 0 Å². The van der Waals surface area contributed by atoms with Gasteiger partial charge in [-0.15, -0.1) is 0 Å². The molecule has 1 amide bonds. The van der Waals surface area contributed by atoms with Crippen molar-refractivity contribution < 1.29 is 9.72 Å². The minimum absolute atomic E-state index is 0.0339. The topological polar surface area (TPSA) is 79.6 Å². The molecule has 1 fully saturated rings. The number of anilines is 1. The van der Waals surface area contributed by atoms with E-state index in [0.29, 0.717) is 29.9 Å². The summed E-state index contributed by atoms with van der Waals surface area (Å²) in [7, 11) is 0. The van der Waals surface area contributed by atoms with Crippen molar-refractivity contribution in [2.75, 3.05) is 31.1 Å². The maximum Gasteiger partial charge on any atom is 0.278 e.